The van der Waals surface area contributed by atoms with Gasteiger partial charge in [-0.05, 0) is 55.0 Å². The number of amides is 1. The number of nitrogens with one attached hydrogen (secondary N) is 2. The zero-order chi connectivity index (χ0) is 18.5. The highest BCUT2D eigenvalue weighted by Gasteiger charge is 2.11. The van der Waals surface area contributed by atoms with Crippen molar-refractivity contribution in [1.29, 1.82) is 0 Å². The summed E-state index contributed by atoms with van der Waals surface area (Å²) in [5.74, 6) is 0.891. The monoisotopic (exact) mass is 366 g/mol. The maximum absolute atomic E-state index is 12.3. The van der Waals surface area contributed by atoms with Crippen molar-refractivity contribution in [3.8, 4) is 11.3 Å². The van der Waals surface area contributed by atoms with Gasteiger partial charge in [0.15, 0.2) is 5.11 Å². The number of aliphatic hydroxyl groups excluding tert-OH is 1. The molecule has 0 fully saturated rings. The molecule has 0 aliphatic rings. The van der Waals surface area contributed by atoms with Crippen LogP contribution in [0.5, 0.6) is 0 Å². The summed E-state index contributed by atoms with van der Waals surface area (Å²) >= 11 is 5.24. The average molecular weight is 366 g/mol. The van der Waals surface area contributed by atoms with Gasteiger partial charge in [-0.25, -0.2) is 0 Å². The number of anilines is 1. The summed E-state index contributed by atoms with van der Waals surface area (Å²) in [7, 11) is 0. The Labute approximate surface area is 156 Å². The first-order valence-electron chi connectivity index (χ1n) is 8.05. The lowest BCUT2D eigenvalue weighted by Gasteiger charge is -2.11. The molecular weight excluding hydrogens is 348 g/mol. The third-order valence-electron chi connectivity index (χ3n) is 3.84. The van der Waals surface area contributed by atoms with Gasteiger partial charge in [0, 0.05) is 16.8 Å². The molecule has 5 nitrogen and oxygen atoms in total. The lowest BCUT2D eigenvalue weighted by atomic mass is 10.1. The second-order valence-corrected chi connectivity index (χ2v) is 6.14. The lowest BCUT2D eigenvalue weighted by Crippen LogP contribution is -2.34. The minimum atomic E-state index is -0.254. The van der Waals surface area contributed by atoms with Crippen molar-refractivity contribution < 1.29 is 14.3 Å². The van der Waals surface area contributed by atoms with Crippen molar-refractivity contribution in [2.24, 2.45) is 0 Å². The number of rotatable bonds is 4. The van der Waals surface area contributed by atoms with E-state index in [0.717, 1.165) is 16.8 Å². The zero-order valence-electron chi connectivity index (χ0n) is 14.2. The molecule has 0 bridgehead atoms. The Balaban J connectivity index is 1.69. The number of furan rings is 1. The van der Waals surface area contributed by atoms with Gasteiger partial charge in [-0.1, -0.05) is 30.3 Å². The molecule has 1 heterocycles. The summed E-state index contributed by atoms with van der Waals surface area (Å²) in [5.41, 5.74) is 3.02. The molecule has 6 heteroatoms. The normalized spacial score (nSPS) is 10.4. The van der Waals surface area contributed by atoms with Crippen molar-refractivity contribution in [1.82, 2.24) is 5.32 Å². The fourth-order valence-electron chi connectivity index (χ4n) is 2.53. The van der Waals surface area contributed by atoms with Crippen LogP contribution < -0.4 is 10.6 Å². The van der Waals surface area contributed by atoms with Gasteiger partial charge in [-0.3, -0.25) is 10.1 Å². The second-order valence-electron chi connectivity index (χ2n) is 5.73. The molecule has 3 N–H and O–H groups in total. The number of carbonyl (C=O) groups is 1. The standard InChI is InChI=1S/C20H18N2O3S/c1-13-5-2-3-8-17(13)19(24)22-20(26)21-15-7-4-6-14(11-15)18-10-9-16(12-23)25-18/h2-11,23H,12H2,1H3,(H2,21,22,24,26). The topological polar surface area (TPSA) is 74.5 Å². The fourth-order valence-corrected chi connectivity index (χ4v) is 2.74. The predicted molar refractivity (Wildman–Crippen MR) is 105 cm³/mol. The van der Waals surface area contributed by atoms with E-state index in [1.54, 1.807) is 18.2 Å². The smallest absolute Gasteiger partial charge is 0.257 e. The van der Waals surface area contributed by atoms with Crippen LogP contribution in [0.4, 0.5) is 5.69 Å². The third kappa shape index (κ3) is 4.17. The van der Waals surface area contributed by atoms with E-state index in [0.29, 0.717) is 17.1 Å². The van der Waals surface area contributed by atoms with Gasteiger partial charge >= 0.3 is 0 Å². The molecule has 0 spiro atoms. The maximum Gasteiger partial charge on any atom is 0.257 e. The zero-order valence-corrected chi connectivity index (χ0v) is 15.0. The van der Waals surface area contributed by atoms with E-state index in [1.807, 2.05) is 49.4 Å². The molecule has 2 aromatic carbocycles. The molecule has 132 valence electrons. The molecule has 0 aliphatic carbocycles. The largest absolute Gasteiger partial charge is 0.459 e. The summed E-state index contributed by atoms with van der Waals surface area (Å²) in [4.78, 5) is 12.3. The number of carbonyl (C=O) groups excluding carboxylic acids is 1. The molecule has 0 aliphatic heterocycles. The van der Waals surface area contributed by atoms with Crippen molar-refractivity contribution >= 4 is 28.9 Å². The van der Waals surface area contributed by atoms with E-state index in [-0.39, 0.29) is 17.6 Å². The Bertz CT molecular complexity index is 949. The van der Waals surface area contributed by atoms with E-state index < -0.39 is 0 Å². The predicted octanol–water partition coefficient (Wildman–Crippen LogP) is 3.87. The lowest BCUT2D eigenvalue weighted by molar-refractivity contribution is 0.0977. The van der Waals surface area contributed by atoms with Gasteiger partial charge in [-0.15, -0.1) is 0 Å². The van der Waals surface area contributed by atoms with Gasteiger partial charge < -0.3 is 14.8 Å². The number of benzene rings is 2. The Morgan fingerprint density at radius 2 is 1.92 bits per heavy atom. The highest BCUT2D eigenvalue weighted by atomic mass is 32.1. The minimum Gasteiger partial charge on any atom is -0.459 e. The quantitative estimate of drug-likeness (QED) is 0.611. The molecule has 0 unspecified atom stereocenters. The Morgan fingerprint density at radius 1 is 1.12 bits per heavy atom. The molecule has 26 heavy (non-hydrogen) atoms. The van der Waals surface area contributed by atoms with E-state index in [9.17, 15) is 4.79 Å². The van der Waals surface area contributed by atoms with Crippen LogP contribution in [0.25, 0.3) is 11.3 Å². The minimum absolute atomic E-state index is 0.146. The first-order chi connectivity index (χ1) is 12.6. The molecule has 3 rings (SSSR count). The fraction of sp³-hybridized carbons (Fsp3) is 0.100. The van der Waals surface area contributed by atoms with Crippen LogP contribution in [0, 0.1) is 6.92 Å². The Kier molecular flexibility index (Phi) is 5.46. The van der Waals surface area contributed by atoms with Crippen molar-refractivity contribution in [3.63, 3.8) is 0 Å². The number of hydrogen-bond donors (Lipinski definition) is 3. The van der Waals surface area contributed by atoms with Crippen LogP contribution in [0.15, 0.2) is 65.1 Å². The van der Waals surface area contributed by atoms with Gasteiger partial charge in [-0.2, -0.15) is 0 Å². The molecule has 1 amide bonds. The first kappa shape index (κ1) is 17.8. The number of aryl methyl sites for hydroxylation is 1. The number of aliphatic hydroxyl groups is 1. The highest BCUT2D eigenvalue weighted by Crippen LogP contribution is 2.25. The van der Waals surface area contributed by atoms with Crippen LogP contribution in [-0.2, 0) is 6.61 Å². The number of thiocarbonyl (C=S) groups is 1. The molecule has 0 saturated heterocycles. The summed E-state index contributed by atoms with van der Waals surface area (Å²) in [6.45, 7) is 1.73. The summed E-state index contributed by atoms with van der Waals surface area (Å²) in [6.07, 6.45) is 0. The average Bonchev–Trinajstić information content (AvgIpc) is 3.11. The van der Waals surface area contributed by atoms with Gasteiger partial charge in [0.05, 0.1) is 0 Å². The molecule has 1 aromatic heterocycles. The van der Waals surface area contributed by atoms with Crippen LogP contribution in [-0.4, -0.2) is 16.1 Å². The molecular formula is C20H18N2O3S. The second kappa shape index (κ2) is 7.95. The molecule has 0 atom stereocenters. The number of hydrogen-bond acceptors (Lipinski definition) is 4. The Morgan fingerprint density at radius 3 is 2.65 bits per heavy atom. The van der Waals surface area contributed by atoms with Crippen molar-refractivity contribution in [3.05, 3.63) is 77.6 Å². The van der Waals surface area contributed by atoms with Crippen LogP contribution in [0.1, 0.15) is 21.7 Å². The highest BCUT2D eigenvalue weighted by molar-refractivity contribution is 7.80. The molecule has 3 aromatic rings. The summed E-state index contributed by atoms with van der Waals surface area (Å²) in [5, 5.41) is 15.0. The van der Waals surface area contributed by atoms with E-state index in [2.05, 4.69) is 10.6 Å². The SMILES string of the molecule is Cc1ccccc1C(=O)NC(=S)Nc1cccc(-c2ccc(CO)o2)c1. The molecule has 0 radical (unpaired) electrons. The molecule has 0 saturated carbocycles. The van der Waals surface area contributed by atoms with E-state index in [4.69, 9.17) is 21.7 Å². The van der Waals surface area contributed by atoms with E-state index >= 15 is 0 Å². The first-order valence-corrected chi connectivity index (χ1v) is 8.45. The van der Waals surface area contributed by atoms with Crippen molar-refractivity contribution in [2.75, 3.05) is 5.32 Å². The van der Waals surface area contributed by atoms with Crippen LogP contribution in [0.2, 0.25) is 0 Å². The summed E-state index contributed by atoms with van der Waals surface area (Å²) < 4.78 is 5.53. The van der Waals surface area contributed by atoms with Gasteiger partial charge in [0.25, 0.3) is 5.91 Å². The Hall–Kier alpha value is -2.96. The van der Waals surface area contributed by atoms with Crippen LogP contribution >= 0.6 is 12.2 Å². The maximum atomic E-state index is 12.3. The van der Waals surface area contributed by atoms with Gasteiger partial charge in [0.2, 0.25) is 0 Å². The van der Waals surface area contributed by atoms with Crippen molar-refractivity contribution in [2.45, 2.75) is 13.5 Å². The van der Waals surface area contributed by atoms with Crippen LogP contribution in [0.3, 0.4) is 0 Å². The van der Waals surface area contributed by atoms with Gasteiger partial charge in [0.1, 0.15) is 18.1 Å². The summed E-state index contributed by atoms with van der Waals surface area (Å²) in [6, 6.07) is 18.3. The third-order valence-corrected chi connectivity index (χ3v) is 4.04. The van der Waals surface area contributed by atoms with E-state index in [1.165, 1.54) is 0 Å².